The highest BCUT2D eigenvalue weighted by Crippen LogP contribution is 2.43. The Morgan fingerprint density at radius 1 is 1.15 bits per heavy atom. The fourth-order valence-electron chi connectivity index (χ4n) is 3.36. The summed E-state index contributed by atoms with van der Waals surface area (Å²) in [5, 5.41) is 13.5. The molecule has 20 heavy (non-hydrogen) atoms. The lowest BCUT2D eigenvalue weighted by molar-refractivity contribution is -0.126. The van der Waals surface area contributed by atoms with E-state index in [0.717, 1.165) is 38.5 Å². The van der Waals surface area contributed by atoms with E-state index in [9.17, 15) is 9.90 Å². The van der Waals surface area contributed by atoms with Gasteiger partial charge in [0.1, 0.15) is 0 Å². The minimum absolute atomic E-state index is 0.0429. The quantitative estimate of drug-likeness (QED) is 0.721. The van der Waals surface area contributed by atoms with Crippen molar-refractivity contribution >= 4 is 5.91 Å². The molecule has 0 aromatic carbocycles. The van der Waals surface area contributed by atoms with Gasteiger partial charge in [0, 0.05) is 13.0 Å². The zero-order valence-electron chi connectivity index (χ0n) is 13.0. The molecule has 0 saturated heterocycles. The third kappa shape index (κ3) is 3.73. The fourth-order valence-corrected chi connectivity index (χ4v) is 3.36. The minimum Gasteiger partial charge on any atom is -0.388 e. The summed E-state index contributed by atoms with van der Waals surface area (Å²) in [6.07, 6.45) is 7.43. The first-order valence-corrected chi connectivity index (χ1v) is 7.98. The van der Waals surface area contributed by atoms with E-state index in [-0.39, 0.29) is 11.3 Å². The summed E-state index contributed by atoms with van der Waals surface area (Å²) in [6.45, 7) is 5.47. The van der Waals surface area contributed by atoms with Gasteiger partial charge in [-0.2, -0.15) is 0 Å². The molecule has 2 rings (SSSR count). The van der Waals surface area contributed by atoms with Crippen molar-refractivity contribution in [3.8, 4) is 0 Å². The first-order valence-electron chi connectivity index (χ1n) is 7.98. The van der Waals surface area contributed by atoms with Gasteiger partial charge in [-0.05, 0) is 55.9 Å². The van der Waals surface area contributed by atoms with E-state index in [1.165, 1.54) is 6.42 Å². The van der Waals surface area contributed by atoms with Gasteiger partial charge in [0.15, 0.2) is 0 Å². The standard InChI is InChI=1S/C16H30N2O2/c1-14(2)6-8-16(20,9-7-14)12-18-13(19)10-15(11-17)4-3-5-15/h20H,3-12,17H2,1-2H3,(H,18,19). The molecule has 0 radical (unpaired) electrons. The van der Waals surface area contributed by atoms with Crippen molar-refractivity contribution in [1.82, 2.24) is 5.32 Å². The number of rotatable bonds is 5. The van der Waals surface area contributed by atoms with Crippen LogP contribution < -0.4 is 11.1 Å². The molecule has 0 spiro atoms. The summed E-state index contributed by atoms with van der Waals surface area (Å²) in [7, 11) is 0. The Kier molecular flexibility index (Phi) is 4.45. The number of nitrogens with two attached hydrogens (primary N) is 1. The summed E-state index contributed by atoms with van der Waals surface area (Å²) in [6, 6.07) is 0. The van der Waals surface area contributed by atoms with Crippen LogP contribution in [0.1, 0.15) is 65.2 Å². The molecule has 0 aliphatic heterocycles. The lowest BCUT2D eigenvalue weighted by Crippen LogP contribution is -2.48. The number of nitrogens with one attached hydrogen (secondary N) is 1. The fraction of sp³-hybridized carbons (Fsp3) is 0.938. The molecule has 4 N–H and O–H groups in total. The summed E-state index contributed by atoms with van der Waals surface area (Å²) in [4.78, 5) is 12.0. The van der Waals surface area contributed by atoms with Gasteiger partial charge in [-0.3, -0.25) is 4.79 Å². The summed E-state index contributed by atoms with van der Waals surface area (Å²) in [5.74, 6) is 0.0495. The highest BCUT2D eigenvalue weighted by molar-refractivity contribution is 5.77. The van der Waals surface area contributed by atoms with E-state index in [1.54, 1.807) is 0 Å². The number of aliphatic hydroxyl groups is 1. The average molecular weight is 282 g/mol. The Morgan fingerprint density at radius 3 is 2.20 bits per heavy atom. The lowest BCUT2D eigenvalue weighted by atomic mass is 9.66. The number of amides is 1. The van der Waals surface area contributed by atoms with Crippen LogP contribution in [0.5, 0.6) is 0 Å². The molecule has 4 nitrogen and oxygen atoms in total. The van der Waals surface area contributed by atoms with Gasteiger partial charge < -0.3 is 16.2 Å². The Labute approximate surface area is 122 Å². The topological polar surface area (TPSA) is 75.3 Å². The Morgan fingerprint density at radius 2 is 1.75 bits per heavy atom. The highest BCUT2D eigenvalue weighted by atomic mass is 16.3. The minimum atomic E-state index is -0.708. The van der Waals surface area contributed by atoms with E-state index >= 15 is 0 Å². The first kappa shape index (κ1) is 15.8. The molecular weight excluding hydrogens is 252 g/mol. The van der Waals surface area contributed by atoms with E-state index in [0.29, 0.717) is 24.9 Å². The van der Waals surface area contributed by atoms with Crippen LogP contribution in [0.3, 0.4) is 0 Å². The second kappa shape index (κ2) is 5.64. The Balaban J connectivity index is 1.76. The smallest absolute Gasteiger partial charge is 0.220 e. The van der Waals surface area contributed by atoms with Crippen LogP contribution in [0, 0.1) is 10.8 Å². The van der Waals surface area contributed by atoms with Crippen molar-refractivity contribution in [3.05, 3.63) is 0 Å². The number of hydrogen-bond acceptors (Lipinski definition) is 3. The maximum absolute atomic E-state index is 12.0. The molecule has 0 aromatic rings. The van der Waals surface area contributed by atoms with Gasteiger partial charge >= 0.3 is 0 Å². The van der Waals surface area contributed by atoms with Gasteiger partial charge in [-0.25, -0.2) is 0 Å². The van der Waals surface area contributed by atoms with Crippen molar-refractivity contribution < 1.29 is 9.90 Å². The molecule has 1 amide bonds. The predicted molar refractivity (Wildman–Crippen MR) is 80.2 cm³/mol. The van der Waals surface area contributed by atoms with E-state index in [2.05, 4.69) is 19.2 Å². The van der Waals surface area contributed by atoms with Crippen LogP contribution >= 0.6 is 0 Å². The molecule has 2 saturated carbocycles. The van der Waals surface area contributed by atoms with Crippen molar-refractivity contribution in [2.75, 3.05) is 13.1 Å². The van der Waals surface area contributed by atoms with Crippen LogP contribution in [0.15, 0.2) is 0 Å². The predicted octanol–water partition coefficient (Wildman–Crippen LogP) is 1.95. The molecule has 0 aromatic heterocycles. The molecule has 2 fully saturated rings. The van der Waals surface area contributed by atoms with E-state index in [4.69, 9.17) is 5.73 Å². The molecule has 0 atom stereocenters. The second-order valence-corrected chi connectivity index (χ2v) is 7.90. The normalized spacial score (nSPS) is 26.6. The number of carbonyl (C=O) groups is 1. The molecular formula is C16H30N2O2. The van der Waals surface area contributed by atoms with Crippen LogP contribution in [0.4, 0.5) is 0 Å². The van der Waals surface area contributed by atoms with Crippen molar-refractivity contribution in [2.45, 2.75) is 70.8 Å². The first-order chi connectivity index (χ1) is 9.28. The largest absolute Gasteiger partial charge is 0.388 e. The van der Waals surface area contributed by atoms with Crippen LogP contribution in [-0.4, -0.2) is 29.7 Å². The van der Waals surface area contributed by atoms with Crippen LogP contribution in [0.2, 0.25) is 0 Å². The lowest BCUT2D eigenvalue weighted by Gasteiger charge is -2.42. The maximum Gasteiger partial charge on any atom is 0.220 e. The highest BCUT2D eigenvalue weighted by Gasteiger charge is 2.39. The van der Waals surface area contributed by atoms with E-state index in [1.807, 2.05) is 0 Å². The van der Waals surface area contributed by atoms with Crippen molar-refractivity contribution in [1.29, 1.82) is 0 Å². The molecule has 4 heteroatoms. The molecule has 2 aliphatic rings. The van der Waals surface area contributed by atoms with Crippen LogP contribution in [-0.2, 0) is 4.79 Å². The van der Waals surface area contributed by atoms with Crippen molar-refractivity contribution in [2.24, 2.45) is 16.6 Å². The second-order valence-electron chi connectivity index (χ2n) is 7.90. The maximum atomic E-state index is 12.0. The summed E-state index contributed by atoms with van der Waals surface area (Å²) >= 11 is 0. The third-order valence-electron chi connectivity index (χ3n) is 5.53. The van der Waals surface area contributed by atoms with E-state index < -0.39 is 5.60 Å². The number of carbonyl (C=O) groups excluding carboxylic acids is 1. The Hall–Kier alpha value is -0.610. The molecule has 0 heterocycles. The molecule has 0 bridgehead atoms. The van der Waals surface area contributed by atoms with Gasteiger partial charge in [0.25, 0.3) is 0 Å². The molecule has 116 valence electrons. The number of hydrogen-bond donors (Lipinski definition) is 3. The molecule has 0 unspecified atom stereocenters. The van der Waals surface area contributed by atoms with Gasteiger partial charge in [0.2, 0.25) is 5.91 Å². The monoisotopic (exact) mass is 282 g/mol. The van der Waals surface area contributed by atoms with Crippen LogP contribution in [0.25, 0.3) is 0 Å². The van der Waals surface area contributed by atoms with Gasteiger partial charge in [-0.1, -0.05) is 20.3 Å². The zero-order valence-corrected chi connectivity index (χ0v) is 13.0. The third-order valence-corrected chi connectivity index (χ3v) is 5.53. The zero-order chi connectivity index (χ0) is 14.9. The Bertz CT molecular complexity index is 346. The van der Waals surface area contributed by atoms with Gasteiger partial charge in [0.05, 0.1) is 5.60 Å². The SMILES string of the molecule is CC1(C)CCC(O)(CNC(=O)CC2(CN)CCC2)CC1. The molecule has 2 aliphatic carbocycles. The summed E-state index contributed by atoms with van der Waals surface area (Å²) < 4.78 is 0. The summed E-state index contributed by atoms with van der Waals surface area (Å²) in [5.41, 5.74) is 5.44. The average Bonchev–Trinajstić information content (AvgIpc) is 2.36. The van der Waals surface area contributed by atoms with Gasteiger partial charge in [-0.15, -0.1) is 0 Å². The van der Waals surface area contributed by atoms with Crippen molar-refractivity contribution in [3.63, 3.8) is 0 Å².